The van der Waals surface area contributed by atoms with Crippen molar-refractivity contribution < 1.29 is 13.2 Å². The van der Waals surface area contributed by atoms with Gasteiger partial charge in [-0.05, 0) is 55.5 Å². The number of hydrogen-bond acceptors (Lipinski definition) is 2. The van der Waals surface area contributed by atoms with Gasteiger partial charge >= 0.3 is 5.51 Å². The number of nitrogens with one attached hydrogen (secondary N) is 1. The van der Waals surface area contributed by atoms with Crippen LogP contribution in [0.3, 0.4) is 0 Å². The summed E-state index contributed by atoms with van der Waals surface area (Å²) in [6.45, 7) is 2.23. The molecule has 1 aromatic rings. The topological polar surface area (TPSA) is 12.0 Å². The van der Waals surface area contributed by atoms with Crippen molar-refractivity contribution in [3.05, 3.63) is 24.3 Å². The SMILES string of the molecule is CC1CCC(Nc2ccccc2SC(F)(F)F)CC1. The van der Waals surface area contributed by atoms with Crippen molar-refractivity contribution in [2.24, 2.45) is 5.92 Å². The van der Waals surface area contributed by atoms with E-state index < -0.39 is 5.51 Å². The van der Waals surface area contributed by atoms with Gasteiger partial charge in [0.25, 0.3) is 0 Å². The Morgan fingerprint density at radius 3 is 2.37 bits per heavy atom. The van der Waals surface area contributed by atoms with Gasteiger partial charge in [-0.2, -0.15) is 13.2 Å². The maximum atomic E-state index is 12.5. The van der Waals surface area contributed by atoms with Crippen molar-refractivity contribution in [1.82, 2.24) is 0 Å². The zero-order valence-electron chi connectivity index (χ0n) is 10.8. The van der Waals surface area contributed by atoms with Gasteiger partial charge < -0.3 is 5.32 Å². The third kappa shape index (κ3) is 4.64. The normalized spacial score (nSPS) is 24.2. The minimum absolute atomic E-state index is 0.0460. The van der Waals surface area contributed by atoms with Gasteiger partial charge in [-0.3, -0.25) is 0 Å². The first-order valence-corrected chi connectivity index (χ1v) is 7.37. The van der Waals surface area contributed by atoms with E-state index in [9.17, 15) is 13.2 Å². The quantitative estimate of drug-likeness (QED) is 0.759. The number of hydrogen-bond donors (Lipinski definition) is 1. The monoisotopic (exact) mass is 289 g/mol. The lowest BCUT2D eigenvalue weighted by Crippen LogP contribution is -2.25. The summed E-state index contributed by atoms with van der Waals surface area (Å²) in [4.78, 5) is 0.258. The molecule has 2 rings (SSSR count). The van der Waals surface area contributed by atoms with Gasteiger partial charge in [0.1, 0.15) is 0 Å². The maximum Gasteiger partial charge on any atom is 0.446 e. The molecule has 1 aliphatic rings. The number of benzene rings is 1. The maximum absolute atomic E-state index is 12.5. The summed E-state index contributed by atoms with van der Waals surface area (Å²) in [5.41, 5.74) is -3.64. The number of thioether (sulfide) groups is 1. The Kier molecular flexibility index (Phi) is 4.66. The summed E-state index contributed by atoms with van der Waals surface area (Å²) in [6.07, 6.45) is 4.36. The number of para-hydroxylation sites is 1. The van der Waals surface area contributed by atoms with E-state index in [1.54, 1.807) is 18.2 Å². The minimum atomic E-state index is -4.24. The van der Waals surface area contributed by atoms with E-state index in [4.69, 9.17) is 0 Å². The van der Waals surface area contributed by atoms with Crippen molar-refractivity contribution in [1.29, 1.82) is 0 Å². The zero-order chi connectivity index (χ0) is 13.9. The van der Waals surface area contributed by atoms with Crippen LogP contribution in [0.25, 0.3) is 0 Å². The highest BCUT2D eigenvalue weighted by atomic mass is 32.2. The van der Waals surface area contributed by atoms with E-state index >= 15 is 0 Å². The molecule has 1 saturated carbocycles. The molecular weight excluding hydrogens is 271 g/mol. The molecule has 19 heavy (non-hydrogen) atoms. The van der Waals surface area contributed by atoms with Crippen LogP contribution in [-0.4, -0.2) is 11.6 Å². The average molecular weight is 289 g/mol. The second kappa shape index (κ2) is 6.07. The second-order valence-corrected chi connectivity index (χ2v) is 6.25. The molecule has 0 amide bonds. The molecule has 1 fully saturated rings. The predicted molar refractivity (Wildman–Crippen MR) is 73.4 cm³/mol. The van der Waals surface area contributed by atoms with Gasteiger partial charge in [-0.1, -0.05) is 19.1 Å². The van der Waals surface area contributed by atoms with E-state index in [1.165, 1.54) is 6.07 Å². The lowest BCUT2D eigenvalue weighted by Gasteiger charge is -2.28. The Hall–Kier alpha value is -0.840. The van der Waals surface area contributed by atoms with Gasteiger partial charge in [0.2, 0.25) is 0 Å². The highest BCUT2D eigenvalue weighted by molar-refractivity contribution is 8.00. The summed E-state index contributed by atoms with van der Waals surface area (Å²) in [6, 6.07) is 6.96. The predicted octanol–water partition coefficient (Wildman–Crippen LogP) is 5.29. The third-order valence-electron chi connectivity index (χ3n) is 3.49. The molecule has 1 nitrogen and oxygen atoms in total. The van der Waals surface area contributed by atoms with Crippen LogP contribution < -0.4 is 5.32 Å². The Morgan fingerprint density at radius 1 is 1.11 bits per heavy atom. The van der Waals surface area contributed by atoms with Crippen LogP contribution >= 0.6 is 11.8 Å². The van der Waals surface area contributed by atoms with Gasteiger partial charge in [-0.25, -0.2) is 0 Å². The average Bonchev–Trinajstić information content (AvgIpc) is 2.33. The molecular formula is C14H18F3NS. The molecule has 0 aromatic heterocycles. The highest BCUT2D eigenvalue weighted by Gasteiger charge is 2.30. The first-order valence-electron chi connectivity index (χ1n) is 6.55. The summed E-state index contributed by atoms with van der Waals surface area (Å²) < 4.78 is 37.5. The number of halogens is 3. The number of rotatable bonds is 3. The molecule has 1 N–H and O–H groups in total. The van der Waals surface area contributed by atoms with Crippen LogP contribution in [0.2, 0.25) is 0 Å². The van der Waals surface area contributed by atoms with Gasteiger partial charge in [0, 0.05) is 16.6 Å². The van der Waals surface area contributed by atoms with Crippen molar-refractivity contribution in [2.75, 3.05) is 5.32 Å². The van der Waals surface area contributed by atoms with Crippen molar-refractivity contribution in [3.63, 3.8) is 0 Å². The lowest BCUT2D eigenvalue weighted by molar-refractivity contribution is -0.0327. The molecule has 5 heteroatoms. The summed E-state index contributed by atoms with van der Waals surface area (Å²) >= 11 is -0.0460. The van der Waals surface area contributed by atoms with E-state index in [-0.39, 0.29) is 16.7 Å². The van der Waals surface area contributed by atoms with E-state index in [0.29, 0.717) is 11.7 Å². The first-order chi connectivity index (χ1) is 8.94. The van der Waals surface area contributed by atoms with E-state index in [0.717, 1.165) is 31.6 Å². The molecule has 106 valence electrons. The van der Waals surface area contributed by atoms with Crippen LogP contribution in [0.1, 0.15) is 32.6 Å². The number of anilines is 1. The Balaban J connectivity index is 2.03. The van der Waals surface area contributed by atoms with Crippen LogP contribution in [0.15, 0.2) is 29.2 Å². The third-order valence-corrected chi connectivity index (χ3v) is 4.30. The van der Waals surface area contributed by atoms with Crippen molar-refractivity contribution in [3.8, 4) is 0 Å². The van der Waals surface area contributed by atoms with Crippen LogP contribution in [-0.2, 0) is 0 Å². The molecule has 0 spiro atoms. The fraction of sp³-hybridized carbons (Fsp3) is 0.571. The molecule has 0 atom stereocenters. The fourth-order valence-corrected chi connectivity index (χ4v) is 3.06. The van der Waals surface area contributed by atoms with E-state index in [2.05, 4.69) is 12.2 Å². The molecule has 0 saturated heterocycles. The fourth-order valence-electron chi connectivity index (χ4n) is 2.42. The Morgan fingerprint density at radius 2 is 1.74 bits per heavy atom. The second-order valence-electron chi connectivity index (χ2n) is 5.15. The Labute approximate surface area is 116 Å². The minimum Gasteiger partial charge on any atom is -0.381 e. The summed E-state index contributed by atoms with van der Waals surface area (Å²) in [7, 11) is 0. The molecule has 0 radical (unpaired) electrons. The van der Waals surface area contributed by atoms with E-state index in [1.807, 2.05) is 0 Å². The summed E-state index contributed by atoms with van der Waals surface area (Å²) in [5, 5.41) is 3.27. The van der Waals surface area contributed by atoms with Crippen molar-refractivity contribution >= 4 is 17.4 Å². The van der Waals surface area contributed by atoms with Crippen LogP contribution in [0.4, 0.5) is 18.9 Å². The largest absolute Gasteiger partial charge is 0.446 e. The highest BCUT2D eigenvalue weighted by Crippen LogP contribution is 2.41. The van der Waals surface area contributed by atoms with Crippen molar-refractivity contribution in [2.45, 2.75) is 49.1 Å². The zero-order valence-corrected chi connectivity index (χ0v) is 11.7. The lowest BCUT2D eigenvalue weighted by atomic mass is 9.87. The van der Waals surface area contributed by atoms with Crippen LogP contribution in [0.5, 0.6) is 0 Å². The molecule has 1 aliphatic carbocycles. The smallest absolute Gasteiger partial charge is 0.381 e. The molecule has 0 unspecified atom stereocenters. The Bertz CT molecular complexity index is 411. The van der Waals surface area contributed by atoms with Gasteiger partial charge in [-0.15, -0.1) is 0 Å². The number of alkyl halides is 3. The van der Waals surface area contributed by atoms with Gasteiger partial charge in [0.05, 0.1) is 0 Å². The molecule has 0 bridgehead atoms. The molecule has 0 aliphatic heterocycles. The first kappa shape index (κ1) is 14.6. The standard InChI is InChI=1S/C14H18F3NS/c1-10-6-8-11(9-7-10)18-12-4-2-3-5-13(12)19-14(15,16)17/h2-5,10-11,18H,6-9H2,1H3. The molecule has 0 heterocycles. The van der Waals surface area contributed by atoms with Crippen LogP contribution in [0, 0.1) is 5.92 Å². The summed E-state index contributed by atoms with van der Waals surface area (Å²) in [5.74, 6) is 0.734. The van der Waals surface area contributed by atoms with Gasteiger partial charge in [0.15, 0.2) is 0 Å². The molecule has 1 aromatic carbocycles.